The van der Waals surface area contributed by atoms with E-state index in [-0.39, 0.29) is 30.3 Å². The SMILES string of the molecule is COc1ccc([C@@H](CNC(=O)CN2CCC[C@H]2C(N)=O)c2c[nH]c3ccccc23)cc1. The zero-order chi connectivity index (χ0) is 21.8. The van der Waals surface area contributed by atoms with Crippen molar-refractivity contribution in [1.29, 1.82) is 0 Å². The summed E-state index contributed by atoms with van der Waals surface area (Å²) in [6.45, 7) is 1.34. The van der Waals surface area contributed by atoms with Crippen LogP contribution in [0.1, 0.15) is 29.9 Å². The molecule has 1 saturated heterocycles. The number of aromatic amines is 1. The Morgan fingerprint density at radius 1 is 1.23 bits per heavy atom. The highest BCUT2D eigenvalue weighted by Crippen LogP contribution is 2.31. The van der Waals surface area contributed by atoms with Crippen molar-refractivity contribution < 1.29 is 14.3 Å². The molecule has 2 atom stereocenters. The maximum atomic E-state index is 12.7. The molecular weight excluding hydrogens is 392 g/mol. The number of nitrogens with one attached hydrogen (secondary N) is 2. The number of rotatable bonds is 8. The summed E-state index contributed by atoms with van der Waals surface area (Å²) in [5.74, 6) is 0.292. The van der Waals surface area contributed by atoms with Crippen molar-refractivity contribution in [3.05, 3.63) is 65.9 Å². The van der Waals surface area contributed by atoms with E-state index in [0.29, 0.717) is 19.5 Å². The van der Waals surface area contributed by atoms with Gasteiger partial charge in [-0.25, -0.2) is 0 Å². The van der Waals surface area contributed by atoms with Crippen molar-refractivity contribution in [2.45, 2.75) is 24.8 Å². The number of H-pyrrole nitrogens is 1. The molecule has 0 radical (unpaired) electrons. The number of hydrogen-bond donors (Lipinski definition) is 3. The van der Waals surface area contributed by atoms with Gasteiger partial charge in [0, 0.05) is 29.6 Å². The predicted octanol–water partition coefficient (Wildman–Crippen LogP) is 2.37. The van der Waals surface area contributed by atoms with E-state index in [4.69, 9.17) is 10.5 Å². The van der Waals surface area contributed by atoms with Gasteiger partial charge in [0.05, 0.1) is 19.7 Å². The van der Waals surface area contributed by atoms with Crippen LogP contribution >= 0.6 is 0 Å². The topological polar surface area (TPSA) is 100 Å². The number of methoxy groups -OCH3 is 1. The number of hydrogen-bond acceptors (Lipinski definition) is 4. The largest absolute Gasteiger partial charge is 0.497 e. The van der Waals surface area contributed by atoms with Crippen molar-refractivity contribution in [3.63, 3.8) is 0 Å². The summed E-state index contributed by atoms with van der Waals surface area (Å²) < 4.78 is 5.29. The molecular formula is C24H28N4O3. The first-order chi connectivity index (χ1) is 15.1. The first kappa shape index (κ1) is 20.9. The van der Waals surface area contributed by atoms with Crippen molar-refractivity contribution in [2.24, 2.45) is 5.73 Å². The molecule has 162 valence electrons. The molecule has 7 heteroatoms. The van der Waals surface area contributed by atoms with Crippen molar-refractivity contribution in [1.82, 2.24) is 15.2 Å². The van der Waals surface area contributed by atoms with Gasteiger partial charge in [-0.2, -0.15) is 0 Å². The molecule has 1 aliphatic heterocycles. The summed E-state index contributed by atoms with van der Waals surface area (Å²) >= 11 is 0. The standard InChI is InChI=1S/C24H28N4O3/c1-31-17-10-8-16(9-11-17)19(20-14-26-21-6-3-2-5-18(20)21)13-27-23(29)15-28-12-4-7-22(28)24(25)30/h2-3,5-6,8-11,14,19,22,26H,4,7,12-13,15H2,1H3,(H2,25,30)(H,27,29)/t19-,22+/m1/s1. The summed E-state index contributed by atoms with van der Waals surface area (Å²) in [6.07, 6.45) is 3.60. The number of ether oxygens (including phenoxy) is 1. The minimum atomic E-state index is -0.361. The van der Waals surface area contributed by atoms with Crippen LogP contribution in [-0.4, -0.2) is 54.5 Å². The molecule has 0 saturated carbocycles. The normalized spacial score (nSPS) is 17.5. The average molecular weight is 421 g/mol. The molecule has 4 N–H and O–H groups in total. The van der Waals surface area contributed by atoms with Gasteiger partial charge in [0.2, 0.25) is 11.8 Å². The Bertz CT molecular complexity index is 1060. The Kier molecular flexibility index (Phi) is 6.23. The van der Waals surface area contributed by atoms with Gasteiger partial charge in [-0.05, 0) is 48.7 Å². The molecule has 0 bridgehead atoms. The number of aromatic nitrogens is 1. The van der Waals surface area contributed by atoms with Crippen LogP contribution in [-0.2, 0) is 9.59 Å². The van der Waals surface area contributed by atoms with E-state index >= 15 is 0 Å². The number of amides is 2. The van der Waals surface area contributed by atoms with Crippen LogP contribution in [0.5, 0.6) is 5.75 Å². The second-order valence-electron chi connectivity index (χ2n) is 7.95. The minimum Gasteiger partial charge on any atom is -0.497 e. The number of primary amides is 1. The lowest BCUT2D eigenvalue weighted by Gasteiger charge is -2.23. The monoisotopic (exact) mass is 420 g/mol. The van der Waals surface area contributed by atoms with Crippen molar-refractivity contribution in [2.75, 3.05) is 26.7 Å². The summed E-state index contributed by atoms with van der Waals surface area (Å²) in [4.78, 5) is 29.5. The van der Waals surface area contributed by atoms with Crippen LogP contribution in [0.4, 0.5) is 0 Å². The second kappa shape index (κ2) is 9.22. The molecule has 0 unspecified atom stereocenters. The second-order valence-corrected chi connectivity index (χ2v) is 7.95. The quantitative estimate of drug-likeness (QED) is 0.521. The molecule has 1 fully saturated rings. The average Bonchev–Trinajstić information content (AvgIpc) is 3.42. The van der Waals surface area contributed by atoms with Crippen molar-refractivity contribution >= 4 is 22.7 Å². The highest BCUT2D eigenvalue weighted by atomic mass is 16.5. The molecule has 1 aliphatic rings. The number of carbonyl (C=O) groups is 2. The molecule has 2 amide bonds. The van der Waals surface area contributed by atoms with Gasteiger partial charge in [-0.3, -0.25) is 14.5 Å². The maximum Gasteiger partial charge on any atom is 0.234 e. The Labute approximate surface area is 181 Å². The smallest absolute Gasteiger partial charge is 0.234 e. The van der Waals surface area contributed by atoms with E-state index in [2.05, 4.69) is 16.4 Å². The maximum absolute atomic E-state index is 12.7. The van der Waals surface area contributed by atoms with Crippen LogP contribution in [0.25, 0.3) is 10.9 Å². The van der Waals surface area contributed by atoms with Crippen LogP contribution in [0.3, 0.4) is 0 Å². The number of carbonyl (C=O) groups excluding carboxylic acids is 2. The fourth-order valence-corrected chi connectivity index (χ4v) is 4.42. The minimum absolute atomic E-state index is 0.0310. The van der Waals surface area contributed by atoms with Crippen molar-refractivity contribution in [3.8, 4) is 5.75 Å². The van der Waals surface area contributed by atoms with Gasteiger partial charge >= 0.3 is 0 Å². The third kappa shape index (κ3) is 4.56. The lowest BCUT2D eigenvalue weighted by Crippen LogP contribution is -2.45. The molecule has 4 rings (SSSR count). The summed E-state index contributed by atoms with van der Waals surface area (Å²) in [7, 11) is 1.64. The molecule has 7 nitrogen and oxygen atoms in total. The highest BCUT2D eigenvalue weighted by molar-refractivity contribution is 5.85. The molecule has 2 aromatic carbocycles. The third-order valence-electron chi connectivity index (χ3n) is 6.06. The zero-order valence-electron chi connectivity index (χ0n) is 17.6. The number of fused-ring (bicyclic) bond motifs is 1. The summed E-state index contributed by atoms with van der Waals surface area (Å²) in [5.41, 5.74) is 8.74. The Morgan fingerprint density at radius 3 is 2.74 bits per heavy atom. The fourth-order valence-electron chi connectivity index (χ4n) is 4.42. The Balaban J connectivity index is 1.53. The first-order valence-corrected chi connectivity index (χ1v) is 10.6. The Hall–Kier alpha value is -3.32. The fraction of sp³-hybridized carbons (Fsp3) is 0.333. The van der Waals surface area contributed by atoms with E-state index in [1.165, 1.54) is 0 Å². The molecule has 3 aromatic rings. The predicted molar refractivity (Wildman–Crippen MR) is 120 cm³/mol. The summed E-state index contributed by atoms with van der Waals surface area (Å²) in [5, 5.41) is 4.20. The number of nitrogens with zero attached hydrogens (tertiary/aromatic N) is 1. The lowest BCUT2D eigenvalue weighted by atomic mass is 9.90. The van der Waals surface area contributed by atoms with E-state index in [9.17, 15) is 9.59 Å². The number of nitrogens with two attached hydrogens (primary N) is 1. The van der Waals surface area contributed by atoms with Gasteiger partial charge in [0.25, 0.3) is 0 Å². The number of para-hydroxylation sites is 1. The van der Waals surface area contributed by atoms with Gasteiger partial charge in [-0.15, -0.1) is 0 Å². The lowest BCUT2D eigenvalue weighted by molar-refractivity contribution is -0.125. The zero-order valence-corrected chi connectivity index (χ0v) is 17.6. The van der Waals surface area contributed by atoms with Crippen LogP contribution in [0, 0.1) is 0 Å². The number of likely N-dealkylation sites (tertiary alicyclic amines) is 1. The van der Waals surface area contributed by atoms with E-state index in [1.54, 1.807) is 7.11 Å². The van der Waals surface area contributed by atoms with Gasteiger partial charge < -0.3 is 20.8 Å². The van der Waals surface area contributed by atoms with Crippen LogP contribution in [0.15, 0.2) is 54.7 Å². The van der Waals surface area contributed by atoms with E-state index < -0.39 is 0 Å². The third-order valence-corrected chi connectivity index (χ3v) is 6.06. The van der Waals surface area contributed by atoms with Gasteiger partial charge in [0.1, 0.15) is 5.75 Å². The van der Waals surface area contributed by atoms with Crippen LogP contribution in [0.2, 0.25) is 0 Å². The first-order valence-electron chi connectivity index (χ1n) is 10.6. The van der Waals surface area contributed by atoms with Gasteiger partial charge in [0.15, 0.2) is 0 Å². The Morgan fingerprint density at radius 2 is 2.00 bits per heavy atom. The van der Waals surface area contributed by atoms with E-state index in [1.807, 2.05) is 53.6 Å². The van der Waals surface area contributed by atoms with E-state index in [0.717, 1.165) is 34.2 Å². The molecule has 0 aliphatic carbocycles. The van der Waals surface area contributed by atoms with Crippen LogP contribution < -0.4 is 15.8 Å². The molecule has 0 spiro atoms. The number of benzene rings is 2. The highest BCUT2D eigenvalue weighted by Gasteiger charge is 2.30. The van der Waals surface area contributed by atoms with Gasteiger partial charge in [-0.1, -0.05) is 30.3 Å². The summed E-state index contributed by atoms with van der Waals surface area (Å²) in [6, 6.07) is 15.7. The molecule has 31 heavy (non-hydrogen) atoms. The molecule has 2 heterocycles. The molecule has 1 aromatic heterocycles.